The van der Waals surface area contributed by atoms with Crippen LogP contribution in [0.25, 0.3) is 0 Å². The molecule has 5 heterocycles. The van der Waals surface area contributed by atoms with Gasteiger partial charge in [0, 0.05) is 0 Å². The summed E-state index contributed by atoms with van der Waals surface area (Å²) in [4.78, 5) is 82.6. The molecule has 0 radical (unpaired) electrons. The van der Waals surface area contributed by atoms with Gasteiger partial charge < -0.3 is 183 Å². The van der Waals surface area contributed by atoms with Gasteiger partial charge in [0.05, 0.1) is 35.8 Å². The fraction of sp³-hybridized carbons (Fsp3) is 0.806. The summed E-state index contributed by atoms with van der Waals surface area (Å²) in [6.45, 7) is 0. The number of carboxylic acids is 6. The Morgan fingerprint density at radius 3 is 0.861 bits per heavy atom. The van der Waals surface area contributed by atoms with E-state index in [0.717, 1.165) is 0 Å². The molecule has 5 aliphatic heterocycles. The summed E-state index contributed by atoms with van der Waals surface area (Å²) in [5.41, 5.74) is 0. The van der Waals surface area contributed by atoms with E-state index >= 15 is 0 Å². The van der Waals surface area contributed by atoms with Crippen LogP contribution in [-0.2, 0) is 80.9 Å². The molecule has 79 heavy (non-hydrogen) atoms. The minimum atomic E-state index is -2.96. The van der Waals surface area contributed by atoms with Crippen molar-refractivity contribution in [1.29, 1.82) is 0 Å². The number of aliphatic carboxylic acids is 6. The number of hydrogen-bond donors (Lipinski definition) is 14. The summed E-state index contributed by atoms with van der Waals surface area (Å²) < 4.78 is 50.4. The van der Waals surface area contributed by atoms with Crippen molar-refractivity contribution < 1.29 is 360 Å². The number of aliphatic hydroxyl groups excluding tert-OH is 14. The zero-order valence-electron chi connectivity index (χ0n) is 42.0. The number of carbonyl (C=O) groups excluding carboxylic acids is 7. The molecule has 0 amide bonds. The quantitative estimate of drug-likeness (QED) is 0.0398. The summed E-state index contributed by atoms with van der Waals surface area (Å²) in [7, 11) is 0. The van der Waals surface area contributed by atoms with Crippen LogP contribution in [0.2, 0.25) is 0 Å². The van der Waals surface area contributed by atoms with Crippen molar-refractivity contribution in [3.63, 3.8) is 0 Å². The summed E-state index contributed by atoms with van der Waals surface area (Å²) in [6.07, 6.45) is -76.8. The molecule has 37 nitrogen and oxygen atoms in total. The maximum Gasteiger partial charge on any atom is 1.00 e. The summed E-state index contributed by atoms with van der Waals surface area (Å²) in [5, 5.41) is 219. The molecule has 29 atom stereocenters. The van der Waals surface area contributed by atoms with Crippen molar-refractivity contribution >= 4 is 42.1 Å². The molecule has 5 aliphatic rings. The number of carboxylic acid groups (broad SMARTS) is 6. The van der Waals surface area contributed by atoms with E-state index in [1.807, 2.05) is 0 Å². The van der Waals surface area contributed by atoms with Crippen molar-refractivity contribution in [2.45, 2.75) is 178 Å². The topological polar surface area (TPSA) is 633 Å². The second-order valence-corrected chi connectivity index (χ2v) is 16.5. The third kappa shape index (κ3) is 18.8. The van der Waals surface area contributed by atoms with Crippen molar-refractivity contribution in [3.05, 3.63) is 0 Å². The minimum Gasteiger partial charge on any atom is -0.547 e. The van der Waals surface area contributed by atoms with Gasteiger partial charge in [-0.3, -0.25) is 0 Å². The first kappa shape index (κ1) is 82.6. The number of aldehydes is 1. The van der Waals surface area contributed by atoms with Crippen molar-refractivity contribution in [1.82, 2.24) is 0 Å². The SMILES string of the molecule is O=C[C@@H](O)[C@@H](O)[C@H](O[C@@H]1O[C@@H](C(=O)[O-])[C@@H](O[C@@H]2O[C@@H](C(=O)[O-])[C@@H](O[C@@H]3O[C@@H](C(=O)[O-])[C@@H](O[C@@H]4O[C@@H](C(=O)[O-])[C@@H](O[C@@H]5O[C@@H](C(=O)[O-])[C@@H](O)[C@H](O)[C@@H]5O)[C@H](O)[C@@H]4O)[C@H](O)[C@@H]3O)[C@H](O)[C@@H]2O)[C@H](O)[C@@H]1O)[C@@H](O)C(=O)[O-].[Na+].[Na+].[Na+].[Na+].[Na+].[Na+]. The summed E-state index contributed by atoms with van der Waals surface area (Å²) >= 11 is 0. The zero-order chi connectivity index (χ0) is 55.0. The predicted octanol–water partition coefficient (Wildman–Crippen LogP) is -39.7. The fourth-order valence-corrected chi connectivity index (χ4v) is 7.84. The van der Waals surface area contributed by atoms with E-state index in [4.69, 9.17) is 47.4 Å². The standard InChI is InChI=1S/C36H50O37.6Na/c37-1-2(38)3(39)16(15(51)26(52)53)64-33-11(47)6(42)18(22(70-33)28(56)57)66-35-13(49)8(44)20(24(72-35)30(60)61)68-36-14(50)9(45)19(25(73-36)31(62)63)67-34-12(48)7(43)17(23(71-34)29(58)59)65-32-10(46)4(40)5(41)21(69-32)27(54)55;;;;;;/h1-25,32-36,38-51H,(H,52,53)(H,54,55)(H,56,57)(H,58,59)(H,60,61)(H,62,63);;;;;;/q;6*+1/p-6/t2-,3-,4+,5+,6-,7-,8-,9-,10+,11+,12+,13+,14+,15-,16+,17+,18+,19+,20+,21-,22-,23-,24-,25-,32-,33-,34-,35-,36-;;;;;;/m1....../s1. The second-order valence-electron chi connectivity index (χ2n) is 16.5. The number of ether oxygens (including phenoxy) is 10. The van der Waals surface area contributed by atoms with Crippen LogP contribution in [0.3, 0.4) is 0 Å². The number of rotatable bonds is 20. The van der Waals surface area contributed by atoms with Crippen LogP contribution in [0.4, 0.5) is 0 Å². The van der Waals surface area contributed by atoms with Gasteiger partial charge in [0.15, 0.2) is 37.7 Å². The number of hydrogen-bond acceptors (Lipinski definition) is 37. The third-order valence-corrected chi connectivity index (χ3v) is 11.7. The van der Waals surface area contributed by atoms with Crippen LogP contribution in [0.15, 0.2) is 0 Å². The average molecular weight is 1210 g/mol. The van der Waals surface area contributed by atoms with Crippen LogP contribution in [0.1, 0.15) is 0 Å². The molecule has 0 aliphatic carbocycles. The molecule has 14 N–H and O–H groups in total. The van der Waals surface area contributed by atoms with Gasteiger partial charge in [0.25, 0.3) is 0 Å². The molecule has 5 saturated heterocycles. The Kier molecular flexibility index (Phi) is 37.1. The molecule has 5 rings (SSSR count). The molecular weight excluding hydrogens is 1160 g/mol. The first-order valence-electron chi connectivity index (χ1n) is 20.7. The van der Waals surface area contributed by atoms with Crippen LogP contribution in [0, 0.1) is 0 Å². The monoisotopic (exact) mass is 1210 g/mol. The van der Waals surface area contributed by atoms with Crippen LogP contribution >= 0.6 is 0 Å². The number of aliphatic hydroxyl groups is 14. The first-order chi connectivity index (χ1) is 34.0. The molecule has 0 unspecified atom stereocenters. The molecule has 0 aromatic heterocycles. The van der Waals surface area contributed by atoms with Gasteiger partial charge in [0.1, 0.15) is 146 Å². The van der Waals surface area contributed by atoms with E-state index in [2.05, 4.69) is 0 Å². The average Bonchev–Trinajstić information content (AvgIpc) is 3.32. The molecule has 0 aromatic rings. The van der Waals surface area contributed by atoms with E-state index in [9.17, 15) is 136 Å². The van der Waals surface area contributed by atoms with Gasteiger partial charge in [-0.15, -0.1) is 0 Å². The molecule has 43 heteroatoms. The largest absolute Gasteiger partial charge is 1.00 e. The van der Waals surface area contributed by atoms with Gasteiger partial charge in [0.2, 0.25) is 0 Å². The Morgan fingerprint density at radius 2 is 0.608 bits per heavy atom. The van der Waals surface area contributed by atoms with E-state index in [1.165, 1.54) is 0 Å². The smallest absolute Gasteiger partial charge is 0.547 e. The Morgan fingerprint density at radius 1 is 0.367 bits per heavy atom. The van der Waals surface area contributed by atoms with Crippen molar-refractivity contribution in [2.24, 2.45) is 0 Å². The fourth-order valence-electron chi connectivity index (χ4n) is 7.84. The Balaban J connectivity index is 0. The first-order valence-corrected chi connectivity index (χ1v) is 20.7. The maximum absolute atomic E-state index is 12.3. The number of carbonyl (C=O) groups is 7. The summed E-state index contributed by atoms with van der Waals surface area (Å²) in [5.74, 6) is -14.2. The van der Waals surface area contributed by atoms with E-state index in [0.29, 0.717) is 0 Å². The van der Waals surface area contributed by atoms with Crippen LogP contribution in [-0.4, -0.2) is 292 Å². The van der Waals surface area contributed by atoms with Crippen LogP contribution in [0.5, 0.6) is 0 Å². The van der Waals surface area contributed by atoms with Gasteiger partial charge in [-0.1, -0.05) is 0 Å². The third-order valence-electron chi connectivity index (χ3n) is 11.7. The van der Waals surface area contributed by atoms with E-state index in [-0.39, 0.29) is 184 Å². The molecule has 0 saturated carbocycles. The van der Waals surface area contributed by atoms with Crippen LogP contribution < -0.4 is 208 Å². The molecule has 0 bridgehead atoms. The van der Waals surface area contributed by atoms with Crippen molar-refractivity contribution in [2.75, 3.05) is 0 Å². The Bertz CT molecular complexity index is 2010. The Labute approximate surface area is 573 Å². The summed E-state index contributed by atoms with van der Waals surface area (Å²) in [6, 6.07) is 0. The molecule has 0 aromatic carbocycles. The van der Waals surface area contributed by atoms with Gasteiger partial charge in [-0.25, -0.2) is 0 Å². The van der Waals surface area contributed by atoms with Gasteiger partial charge >= 0.3 is 177 Å². The van der Waals surface area contributed by atoms with Crippen molar-refractivity contribution in [3.8, 4) is 0 Å². The molecular formula is C36H44Na6O37. The Hall–Kier alpha value is 1.53. The molecule has 5 fully saturated rings. The van der Waals surface area contributed by atoms with E-state index in [1.54, 1.807) is 0 Å². The normalized spacial score (nSPS) is 41.5. The molecule has 416 valence electrons. The van der Waals surface area contributed by atoms with Gasteiger partial charge in [-0.05, 0) is 0 Å². The van der Waals surface area contributed by atoms with E-state index < -0.39 is 214 Å². The maximum atomic E-state index is 12.3. The predicted molar refractivity (Wildman–Crippen MR) is 188 cm³/mol. The van der Waals surface area contributed by atoms with Gasteiger partial charge in [-0.2, -0.15) is 0 Å². The minimum absolute atomic E-state index is 0. The molecule has 0 spiro atoms. The second kappa shape index (κ2) is 35.5. The zero-order valence-corrected chi connectivity index (χ0v) is 54.0.